The number of aliphatic hydroxyl groups is 5. The summed E-state index contributed by atoms with van der Waals surface area (Å²) in [6, 6.07) is 0. The van der Waals surface area contributed by atoms with E-state index < -0.39 is 45.5 Å². The Kier molecular flexibility index (Phi) is 11.5. The van der Waals surface area contributed by atoms with Crippen molar-refractivity contribution in [3.63, 3.8) is 0 Å². The van der Waals surface area contributed by atoms with E-state index in [4.69, 9.17) is 30.2 Å². The molecule has 0 aliphatic carbocycles. The van der Waals surface area contributed by atoms with Crippen molar-refractivity contribution in [2.75, 3.05) is 13.2 Å². The van der Waals surface area contributed by atoms with Crippen molar-refractivity contribution < 1.29 is 44.4 Å². The molecule has 0 aliphatic heterocycles. The monoisotopic (exact) mass is 400 g/mol. The van der Waals surface area contributed by atoms with Crippen molar-refractivity contribution in [1.29, 1.82) is 0 Å². The summed E-state index contributed by atoms with van der Waals surface area (Å²) in [6.45, 7) is -1.77. The minimum absolute atomic E-state index is 0. The van der Waals surface area contributed by atoms with Crippen LogP contribution in [0.25, 0.3) is 0 Å². The largest absolute Gasteiger partial charge is 2.00 e. The van der Waals surface area contributed by atoms with Crippen LogP contribution in [0.1, 0.15) is 0 Å². The van der Waals surface area contributed by atoms with Crippen molar-refractivity contribution in [1.82, 2.24) is 0 Å². The molecule has 98 valence electrons. The van der Waals surface area contributed by atoms with Gasteiger partial charge in [0.15, 0.2) is 0 Å². The number of phosphoric acid groups is 1. The normalized spacial score (nSPS) is 19.0. The van der Waals surface area contributed by atoms with Gasteiger partial charge in [0.25, 0.3) is 0 Å². The molecule has 0 bridgehead atoms. The number of hydrogen-bond donors (Lipinski definition) is 7. The predicted molar refractivity (Wildman–Crippen MR) is 54.9 cm³/mol. The second-order valence-corrected chi connectivity index (χ2v) is 4.32. The second kappa shape index (κ2) is 9.40. The molecule has 0 heterocycles. The molecule has 11 heteroatoms. The van der Waals surface area contributed by atoms with Crippen LogP contribution in [0.2, 0.25) is 0 Å². The van der Waals surface area contributed by atoms with Gasteiger partial charge in [-0.15, -0.1) is 0 Å². The Bertz CT molecular complexity index is 246. The van der Waals surface area contributed by atoms with Crippen LogP contribution in [0.15, 0.2) is 0 Å². The van der Waals surface area contributed by atoms with E-state index in [-0.39, 0.29) is 48.9 Å². The van der Waals surface area contributed by atoms with Crippen LogP contribution in [0.4, 0.5) is 0 Å². The summed E-state index contributed by atoms with van der Waals surface area (Å²) in [4.78, 5) is 16.6. The van der Waals surface area contributed by atoms with E-state index in [1.165, 1.54) is 0 Å². The third-order valence-electron chi connectivity index (χ3n) is 1.74. The fraction of sp³-hybridized carbons (Fsp3) is 1.00. The number of rotatable bonds is 7. The molecule has 0 rings (SSSR count). The summed E-state index contributed by atoms with van der Waals surface area (Å²) >= 11 is 0. The van der Waals surface area contributed by atoms with Gasteiger partial charge in [0, 0.05) is 0 Å². The second-order valence-electron chi connectivity index (χ2n) is 3.08. The molecule has 7 N–H and O–H groups in total. The SMILES string of the molecule is O=P(O)(O)OC[C@H](O)[C@H](O)[C@H](O)[C@H](O)CO.[Ba+2]. The van der Waals surface area contributed by atoms with Crippen LogP contribution in [-0.2, 0) is 9.09 Å². The van der Waals surface area contributed by atoms with E-state index in [0.717, 1.165) is 0 Å². The van der Waals surface area contributed by atoms with E-state index >= 15 is 0 Å². The van der Waals surface area contributed by atoms with Gasteiger partial charge in [0.1, 0.15) is 24.4 Å². The van der Waals surface area contributed by atoms with Crippen LogP contribution in [0.3, 0.4) is 0 Å². The first-order chi connectivity index (χ1) is 7.19. The van der Waals surface area contributed by atoms with Gasteiger partial charge in [0.2, 0.25) is 0 Å². The average Bonchev–Trinajstić information content (AvgIpc) is 2.21. The van der Waals surface area contributed by atoms with E-state index in [1.54, 1.807) is 0 Å². The smallest absolute Gasteiger partial charge is 0.394 e. The summed E-state index contributed by atoms with van der Waals surface area (Å²) < 4.78 is 14.1. The fourth-order valence-corrected chi connectivity index (χ4v) is 1.18. The molecule has 0 saturated heterocycles. The van der Waals surface area contributed by atoms with Gasteiger partial charge in [-0.05, 0) is 0 Å². The van der Waals surface area contributed by atoms with Crippen LogP contribution in [0, 0.1) is 0 Å². The van der Waals surface area contributed by atoms with Crippen LogP contribution >= 0.6 is 7.82 Å². The molecule has 9 nitrogen and oxygen atoms in total. The van der Waals surface area contributed by atoms with Crippen molar-refractivity contribution in [2.45, 2.75) is 24.4 Å². The number of phosphoric ester groups is 1. The molecule has 17 heavy (non-hydrogen) atoms. The van der Waals surface area contributed by atoms with Gasteiger partial charge in [-0.2, -0.15) is 0 Å². The van der Waals surface area contributed by atoms with Crippen LogP contribution < -0.4 is 0 Å². The minimum Gasteiger partial charge on any atom is -0.394 e. The van der Waals surface area contributed by atoms with Crippen molar-refractivity contribution in [2.24, 2.45) is 0 Å². The summed E-state index contributed by atoms with van der Waals surface area (Å²) in [6.07, 6.45) is -7.27. The Morgan fingerprint density at radius 1 is 1.00 bits per heavy atom. The Morgan fingerprint density at radius 3 is 1.76 bits per heavy atom. The molecule has 0 unspecified atom stereocenters. The van der Waals surface area contributed by atoms with Gasteiger partial charge in [-0.25, -0.2) is 4.57 Å². The molecule has 0 saturated carbocycles. The van der Waals surface area contributed by atoms with Crippen molar-refractivity contribution >= 4 is 56.7 Å². The molecule has 0 fully saturated rings. The van der Waals surface area contributed by atoms with Crippen molar-refractivity contribution in [3.8, 4) is 0 Å². The topological polar surface area (TPSA) is 168 Å². The maximum Gasteiger partial charge on any atom is 2.00 e. The molecule has 0 radical (unpaired) electrons. The maximum absolute atomic E-state index is 10.2. The zero-order valence-corrected chi connectivity index (χ0v) is 14.2. The molecule has 4 atom stereocenters. The summed E-state index contributed by atoms with van der Waals surface area (Å²) in [5.41, 5.74) is 0. The molecule has 0 aromatic rings. The first kappa shape index (κ1) is 20.8. The molecule has 0 aliphatic rings. The summed E-state index contributed by atoms with van der Waals surface area (Å²) in [7, 11) is -4.78. The van der Waals surface area contributed by atoms with Gasteiger partial charge in [-0.3, -0.25) is 4.52 Å². The van der Waals surface area contributed by atoms with E-state index in [0.29, 0.717) is 0 Å². The van der Waals surface area contributed by atoms with Crippen LogP contribution in [-0.4, -0.2) is 122 Å². The molecule has 0 spiro atoms. The first-order valence-electron chi connectivity index (χ1n) is 4.22. The maximum atomic E-state index is 10.2. The van der Waals surface area contributed by atoms with Gasteiger partial charge >= 0.3 is 56.7 Å². The third kappa shape index (κ3) is 9.08. The third-order valence-corrected chi connectivity index (χ3v) is 2.22. The fourth-order valence-electron chi connectivity index (χ4n) is 0.835. The molecule has 0 aromatic heterocycles. The molecular formula is C6H15BaO9P+2. The number of aliphatic hydroxyl groups excluding tert-OH is 5. The zero-order chi connectivity index (χ0) is 12.9. The molecular weight excluding hydrogens is 384 g/mol. The Hall–Kier alpha value is 1.48. The van der Waals surface area contributed by atoms with Gasteiger partial charge in [0.05, 0.1) is 13.2 Å². The first-order valence-corrected chi connectivity index (χ1v) is 5.75. The van der Waals surface area contributed by atoms with E-state index in [2.05, 4.69) is 4.52 Å². The zero-order valence-electron chi connectivity index (χ0n) is 8.82. The van der Waals surface area contributed by atoms with Crippen LogP contribution in [0.5, 0.6) is 0 Å². The summed E-state index contributed by atoms with van der Waals surface area (Å²) in [5.74, 6) is 0. The predicted octanol–water partition coefficient (Wildman–Crippen LogP) is -3.85. The van der Waals surface area contributed by atoms with Gasteiger partial charge in [-0.1, -0.05) is 0 Å². The number of hydrogen-bond acceptors (Lipinski definition) is 7. The Morgan fingerprint density at radius 2 is 1.41 bits per heavy atom. The van der Waals surface area contributed by atoms with Crippen molar-refractivity contribution in [3.05, 3.63) is 0 Å². The quantitative estimate of drug-likeness (QED) is 0.167. The Labute approximate surface area is 137 Å². The minimum atomic E-state index is -4.78. The Balaban J connectivity index is 0. The standard InChI is InChI=1S/C6H15O9P.Ba/c7-1-3(8)5(10)6(11)4(9)2-15-16(12,13)14;/h3-11H,1-2H2,(H2,12,13,14);/q;+2/t3-,4+,5-,6+;/m1./s1. The summed E-state index contributed by atoms with van der Waals surface area (Å²) in [5, 5.41) is 44.8. The molecule has 0 amide bonds. The van der Waals surface area contributed by atoms with E-state index in [1.807, 2.05) is 0 Å². The average molecular weight is 399 g/mol. The van der Waals surface area contributed by atoms with E-state index in [9.17, 15) is 9.67 Å². The molecule has 0 aromatic carbocycles. The van der Waals surface area contributed by atoms with Gasteiger partial charge < -0.3 is 35.3 Å².